The molecule has 3 heterocycles. The summed E-state index contributed by atoms with van der Waals surface area (Å²) in [5, 5.41) is 9.05. The van der Waals surface area contributed by atoms with Crippen LogP contribution in [0.15, 0.2) is 83.7 Å². The second-order valence-electron chi connectivity index (χ2n) is 12.1. The largest absolute Gasteiger partial charge is 0.488 e. The zero-order valence-corrected chi connectivity index (χ0v) is 24.6. The van der Waals surface area contributed by atoms with Crippen LogP contribution in [-0.2, 0) is 18.4 Å². The summed E-state index contributed by atoms with van der Waals surface area (Å²) < 4.78 is 12.2. The van der Waals surface area contributed by atoms with Gasteiger partial charge in [0.1, 0.15) is 12.4 Å². The zero-order chi connectivity index (χ0) is 29.1. The van der Waals surface area contributed by atoms with Gasteiger partial charge >= 0.3 is 6.03 Å². The summed E-state index contributed by atoms with van der Waals surface area (Å²) >= 11 is 0. The van der Waals surface area contributed by atoms with E-state index in [1.54, 1.807) is 12.4 Å². The first-order valence-electron chi connectivity index (χ1n) is 14.7. The first-order chi connectivity index (χ1) is 20.3. The summed E-state index contributed by atoms with van der Waals surface area (Å²) in [5.74, 6) is 0.755. The highest BCUT2D eigenvalue weighted by atomic mass is 16.5. The van der Waals surface area contributed by atoms with Gasteiger partial charge in [-0.25, -0.2) is 4.79 Å². The highest BCUT2D eigenvalue weighted by molar-refractivity contribution is 6.10. The summed E-state index contributed by atoms with van der Waals surface area (Å²) in [7, 11) is 0. The maximum Gasteiger partial charge on any atom is 0.323 e. The number of urea groups is 1. The first kappa shape index (κ1) is 27.8. The van der Waals surface area contributed by atoms with Crippen molar-refractivity contribution in [3.63, 3.8) is 0 Å². The van der Waals surface area contributed by atoms with Crippen LogP contribution >= 0.6 is 0 Å². The molecule has 3 aromatic carbocycles. The van der Waals surface area contributed by atoms with E-state index >= 15 is 0 Å². The van der Waals surface area contributed by atoms with Crippen molar-refractivity contribution >= 4 is 39.1 Å². The Kier molecular flexibility index (Phi) is 7.85. The van der Waals surface area contributed by atoms with Crippen molar-refractivity contribution in [2.24, 2.45) is 0 Å². The standard InChI is InChI=1S/C35H38N4O3/c1-35(2,3)26-20-29-25(14-19-39-17-6-7-18-39)23-42-33(29)31(21-26)38-34(40)37-30-10-11-32(28-9-5-4-8-27(28)30)41-22-24-12-15-36-16-13-24/h4-5,8-13,15-16,20-21,23H,6-7,14,17-19,22H2,1-3H3,(H2,37,38,40). The van der Waals surface area contributed by atoms with Gasteiger partial charge in [-0.3, -0.25) is 4.98 Å². The fourth-order valence-corrected chi connectivity index (χ4v) is 5.61. The molecule has 0 spiro atoms. The SMILES string of the molecule is CC(C)(C)c1cc(NC(=O)Nc2ccc(OCc3ccncc3)c3ccccc23)c2occ(CCN3CCCC3)c2c1. The van der Waals surface area contributed by atoms with E-state index in [0.29, 0.717) is 23.6 Å². The number of rotatable bonds is 8. The van der Waals surface area contributed by atoms with Gasteiger partial charge in [-0.2, -0.15) is 0 Å². The highest BCUT2D eigenvalue weighted by Crippen LogP contribution is 2.36. The number of likely N-dealkylation sites (tertiary alicyclic amines) is 1. The smallest absolute Gasteiger partial charge is 0.323 e. The number of benzene rings is 3. The molecule has 0 atom stereocenters. The third kappa shape index (κ3) is 6.11. The van der Waals surface area contributed by atoms with E-state index in [1.165, 1.54) is 31.5 Å². The Bertz CT molecular complexity index is 1700. The van der Waals surface area contributed by atoms with Crippen molar-refractivity contribution in [2.75, 3.05) is 30.3 Å². The van der Waals surface area contributed by atoms with E-state index < -0.39 is 0 Å². The second-order valence-corrected chi connectivity index (χ2v) is 12.1. The number of carbonyl (C=O) groups is 1. The normalized spacial score (nSPS) is 14.0. The average Bonchev–Trinajstić information content (AvgIpc) is 3.66. The predicted octanol–water partition coefficient (Wildman–Crippen LogP) is 8.14. The molecule has 42 heavy (non-hydrogen) atoms. The maximum absolute atomic E-state index is 13.4. The van der Waals surface area contributed by atoms with Crippen LogP contribution in [0.25, 0.3) is 21.7 Å². The van der Waals surface area contributed by atoms with Crippen LogP contribution in [0.5, 0.6) is 5.75 Å². The van der Waals surface area contributed by atoms with E-state index in [-0.39, 0.29) is 11.4 Å². The molecule has 0 unspecified atom stereocenters. The molecule has 1 fully saturated rings. The Morgan fingerprint density at radius 3 is 2.43 bits per heavy atom. The van der Waals surface area contributed by atoms with E-state index in [4.69, 9.17) is 9.15 Å². The number of carbonyl (C=O) groups excluding carboxylic acids is 1. The summed E-state index contributed by atoms with van der Waals surface area (Å²) in [6.07, 6.45) is 8.85. The van der Waals surface area contributed by atoms with Gasteiger partial charge in [-0.15, -0.1) is 0 Å². The van der Waals surface area contributed by atoms with E-state index in [9.17, 15) is 4.79 Å². The number of anilines is 2. The molecule has 7 nitrogen and oxygen atoms in total. The van der Waals surface area contributed by atoms with Gasteiger partial charge in [0.05, 0.1) is 17.6 Å². The van der Waals surface area contributed by atoms with Crippen molar-refractivity contribution < 1.29 is 13.9 Å². The van der Waals surface area contributed by atoms with Crippen LogP contribution in [-0.4, -0.2) is 35.5 Å². The fraction of sp³-hybridized carbons (Fsp3) is 0.314. The molecule has 5 aromatic rings. The summed E-state index contributed by atoms with van der Waals surface area (Å²) in [5.41, 5.74) is 5.36. The van der Waals surface area contributed by atoms with Crippen molar-refractivity contribution in [1.29, 1.82) is 0 Å². The average molecular weight is 563 g/mol. The van der Waals surface area contributed by atoms with Gasteiger partial charge in [0.25, 0.3) is 0 Å². The number of hydrogen-bond acceptors (Lipinski definition) is 5. The Morgan fingerprint density at radius 1 is 0.929 bits per heavy atom. The molecule has 1 aliphatic heterocycles. The van der Waals surface area contributed by atoms with Gasteiger partial charge in [-0.1, -0.05) is 45.0 Å². The van der Waals surface area contributed by atoms with Gasteiger partial charge in [-0.05, 0) is 90.9 Å². The molecule has 0 radical (unpaired) electrons. The summed E-state index contributed by atoms with van der Waals surface area (Å²) in [6.45, 7) is 10.4. The minimum atomic E-state index is -0.326. The van der Waals surface area contributed by atoms with Crippen LogP contribution in [0.2, 0.25) is 0 Å². The topological polar surface area (TPSA) is 79.6 Å². The van der Waals surface area contributed by atoms with Crippen molar-refractivity contribution in [3.05, 3.63) is 96.0 Å². The number of furan rings is 1. The second kappa shape index (κ2) is 11.9. The monoisotopic (exact) mass is 562 g/mol. The van der Waals surface area contributed by atoms with Crippen LogP contribution < -0.4 is 15.4 Å². The van der Waals surface area contributed by atoms with Gasteiger partial charge in [0, 0.05) is 35.1 Å². The van der Waals surface area contributed by atoms with Crippen LogP contribution in [0.4, 0.5) is 16.2 Å². The fourth-order valence-electron chi connectivity index (χ4n) is 5.61. The number of amides is 2. The Morgan fingerprint density at radius 2 is 1.67 bits per heavy atom. The molecule has 6 rings (SSSR count). The summed E-state index contributed by atoms with van der Waals surface area (Å²) in [4.78, 5) is 20.0. The van der Waals surface area contributed by atoms with Gasteiger partial charge in [0.15, 0.2) is 5.58 Å². The predicted molar refractivity (Wildman–Crippen MR) is 169 cm³/mol. The molecule has 1 aliphatic rings. The molecular weight excluding hydrogens is 524 g/mol. The van der Waals surface area contributed by atoms with Gasteiger partial charge < -0.3 is 24.7 Å². The molecule has 1 saturated heterocycles. The Balaban J connectivity index is 1.24. The number of aromatic nitrogens is 1. The number of ether oxygens (including phenoxy) is 1. The zero-order valence-electron chi connectivity index (χ0n) is 24.6. The third-order valence-corrected chi connectivity index (χ3v) is 8.04. The lowest BCUT2D eigenvalue weighted by molar-refractivity contribution is 0.262. The number of pyridine rings is 1. The van der Waals surface area contributed by atoms with Crippen molar-refractivity contribution in [1.82, 2.24) is 9.88 Å². The van der Waals surface area contributed by atoms with Crippen molar-refractivity contribution in [3.8, 4) is 5.75 Å². The number of fused-ring (bicyclic) bond motifs is 2. The Labute approximate surface area is 246 Å². The molecule has 2 N–H and O–H groups in total. The quantitative estimate of drug-likeness (QED) is 0.200. The lowest BCUT2D eigenvalue weighted by Crippen LogP contribution is -2.22. The maximum atomic E-state index is 13.4. The summed E-state index contributed by atoms with van der Waals surface area (Å²) in [6, 6.07) is 19.5. The van der Waals surface area contributed by atoms with E-state index in [2.05, 4.69) is 47.4 Å². The third-order valence-electron chi connectivity index (χ3n) is 8.04. The number of nitrogens with one attached hydrogen (secondary N) is 2. The molecule has 2 aromatic heterocycles. The number of nitrogens with zero attached hydrogens (tertiary/aromatic N) is 2. The van der Waals surface area contributed by atoms with Crippen LogP contribution in [0.3, 0.4) is 0 Å². The minimum Gasteiger partial charge on any atom is -0.488 e. The van der Waals surface area contributed by atoms with Gasteiger partial charge in [0.2, 0.25) is 0 Å². The van der Waals surface area contributed by atoms with Crippen LogP contribution in [0.1, 0.15) is 50.3 Å². The van der Waals surface area contributed by atoms with Crippen molar-refractivity contribution in [2.45, 2.75) is 52.1 Å². The molecule has 7 heteroatoms. The molecule has 0 saturated carbocycles. The molecule has 0 bridgehead atoms. The molecular formula is C35H38N4O3. The number of hydrogen-bond donors (Lipinski definition) is 2. The Hall–Kier alpha value is -4.36. The lowest BCUT2D eigenvalue weighted by Gasteiger charge is -2.21. The lowest BCUT2D eigenvalue weighted by atomic mass is 9.85. The molecule has 0 aliphatic carbocycles. The van der Waals surface area contributed by atoms with Crippen LogP contribution in [0, 0.1) is 0 Å². The highest BCUT2D eigenvalue weighted by Gasteiger charge is 2.21. The minimum absolute atomic E-state index is 0.0904. The first-order valence-corrected chi connectivity index (χ1v) is 14.7. The molecule has 216 valence electrons. The van der Waals surface area contributed by atoms with E-state index in [0.717, 1.165) is 46.0 Å². The van der Waals surface area contributed by atoms with E-state index in [1.807, 2.05) is 60.9 Å². The molecule has 2 amide bonds.